The van der Waals surface area contributed by atoms with Crippen LogP contribution in [0.2, 0.25) is 0 Å². The first-order valence-electron chi connectivity index (χ1n) is 5.62. The van der Waals surface area contributed by atoms with E-state index in [-0.39, 0.29) is 6.61 Å². The smallest absolute Gasteiger partial charge is 0.382 e. The second-order valence-corrected chi connectivity index (χ2v) is 3.93. The van der Waals surface area contributed by atoms with E-state index < -0.39 is 22.9 Å². The Kier molecular flexibility index (Phi) is 4.86. The van der Waals surface area contributed by atoms with Crippen LogP contribution in [0.25, 0.3) is 0 Å². The van der Waals surface area contributed by atoms with Crippen LogP contribution in [0.4, 0.5) is 0 Å². The molecule has 96 valence electrons. The molecule has 0 aromatic carbocycles. The average molecular weight is 244 g/mol. The summed E-state index contributed by atoms with van der Waals surface area (Å²) in [5.74, 6) is -1.51. The third-order valence-corrected chi connectivity index (χ3v) is 2.89. The summed E-state index contributed by atoms with van der Waals surface area (Å²) in [6.07, 6.45) is 2.57. The highest BCUT2D eigenvalue weighted by Gasteiger charge is 2.43. The molecule has 1 N–H and O–H groups in total. The minimum absolute atomic E-state index is 0.0987. The molecule has 0 saturated heterocycles. The van der Waals surface area contributed by atoms with Gasteiger partial charge in [-0.2, -0.15) is 0 Å². The minimum Gasteiger partial charge on any atom is -0.461 e. The van der Waals surface area contributed by atoms with E-state index in [4.69, 9.17) is 9.94 Å². The molecular weight excluding hydrogens is 228 g/mol. The van der Waals surface area contributed by atoms with Gasteiger partial charge in [-0.05, 0) is 26.2 Å². The predicted octanol–water partition coefficient (Wildman–Crippen LogP) is 1.22. The molecule has 17 heavy (non-hydrogen) atoms. The van der Waals surface area contributed by atoms with Crippen molar-refractivity contribution in [2.24, 2.45) is 11.1 Å². The van der Waals surface area contributed by atoms with E-state index in [2.05, 4.69) is 5.16 Å². The van der Waals surface area contributed by atoms with Gasteiger partial charge in [-0.1, -0.05) is 11.6 Å². The van der Waals surface area contributed by atoms with Crippen molar-refractivity contribution in [3.05, 3.63) is 10.1 Å². The highest BCUT2D eigenvalue weighted by atomic mass is 16.6. The molecule has 0 amide bonds. The van der Waals surface area contributed by atoms with Crippen LogP contribution in [0.15, 0.2) is 5.16 Å². The van der Waals surface area contributed by atoms with Gasteiger partial charge in [0.2, 0.25) is 0 Å². The lowest BCUT2D eigenvalue weighted by Crippen LogP contribution is -2.43. The van der Waals surface area contributed by atoms with Gasteiger partial charge in [-0.25, -0.2) is 4.79 Å². The molecular formula is C10H16N2O5. The maximum Gasteiger partial charge on any atom is 0.382 e. The van der Waals surface area contributed by atoms with E-state index in [1.54, 1.807) is 6.92 Å². The number of hydrogen-bond acceptors (Lipinski definition) is 6. The first kappa shape index (κ1) is 13.4. The van der Waals surface area contributed by atoms with E-state index in [1.165, 1.54) is 0 Å². The fourth-order valence-corrected chi connectivity index (χ4v) is 2.11. The first-order chi connectivity index (χ1) is 8.11. The molecule has 0 aromatic heterocycles. The largest absolute Gasteiger partial charge is 0.461 e. The highest BCUT2D eigenvalue weighted by molar-refractivity contribution is 5.92. The van der Waals surface area contributed by atoms with E-state index in [1.807, 2.05) is 0 Å². The quantitative estimate of drug-likeness (QED) is 0.346. The molecule has 2 atom stereocenters. The first-order valence-corrected chi connectivity index (χ1v) is 5.62. The molecule has 0 heterocycles. The third-order valence-electron chi connectivity index (χ3n) is 2.89. The van der Waals surface area contributed by atoms with Crippen LogP contribution >= 0.6 is 0 Å². The van der Waals surface area contributed by atoms with E-state index in [9.17, 15) is 14.9 Å². The molecule has 1 aliphatic carbocycles. The number of carbonyl (C=O) groups is 1. The summed E-state index contributed by atoms with van der Waals surface area (Å²) in [6.45, 7) is 1.69. The van der Waals surface area contributed by atoms with Crippen LogP contribution in [0.5, 0.6) is 0 Å². The van der Waals surface area contributed by atoms with Crippen molar-refractivity contribution >= 4 is 11.7 Å². The Labute approximate surface area is 98.6 Å². The Morgan fingerprint density at radius 1 is 1.71 bits per heavy atom. The topological polar surface area (TPSA) is 102 Å². The Hall–Kier alpha value is -1.66. The molecule has 1 rings (SSSR count). The lowest BCUT2D eigenvalue weighted by molar-refractivity contribution is -0.516. The van der Waals surface area contributed by atoms with Crippen LogP contribution < -0.4 is 0 Å². The third kappa shape index (κ3) is 3.15. The zero-order valence-corrected chi connectivity index (χ0v) is 9.66. The number of hydrogen-bond donors (Lipinski definition) is 1. The molecule has 1 aliphatic rings. The summed E-state index contributed by atoms with van der Waals surface area (Å²) in [5, 5.41) is 22.8. The molecule has 7 heteroatoms. The predicted molar refractivity (Wildman–Crippen MR) is 58.6 cm³/mol. The zero-order chi connectivity index (χ0) is 12.8. The molecule has 0 aliphatic heterocycles. The number of esters is 1. The number of rotatable bonds is 4. The standard InChI is InChI=1S/C10H16N2O5/c1-2-17-10(13)9(12(15)16)7-5-3-4-6-8(7)11-14/h7,9,14H,2-6H2,1H3/b11-8+. The number of carbonyl (C=O) groups excluding carboxylic acids is 1. The Bertz CT molecular complexity index is 329. The lowest BCUT2D eigenvalue weighted by atomic mass is 9.82. The second kappa shape index (κ2) is 6.17. The van der Waals surface area contributed by atoms with Crippen molar-refractivity contribution in [3.8, 4) is 0 Å². The van der Waals surface area contributed by atoms with Gasteiger partial charge in [0.1, 0.15) is 0 Å². The SMILES string of the molecule is CCOC(=O)C(C1CCCC/C1=N\O)[N+](=O)[O-]. The average Bonchev–Trinajstić information content (AvgIpc) is 2.30. The highest BCUT2D eigenvalue weighted by Crippen LogP contribution is 2.26. The van der Waals surface area contributed by atoms with E-state index >= 15 is 0 Å². The van der Waals surface area contributed by atoms with Crippen molar-refractivity contribution in [3.63, 3.8) is 0 Å². The molecule has 0 spiro atoms. The van der Waals surface area contributed by atoms with Gasteiger partial charge in [0, 0.05) is 4.92 Å². The van der Waals surface area contributed by atoms with Crippen molar-refractivity contribution in [2.75, 3.05) is 6.61 Å². The van der Waals surface area contributed by atoms with Crippen molar-refractivity contribution in [1.82, 2.24) is 0 Å². The normalized spacial score (nSPS) is 24.3. The van der Waals surface area contributed by atoms with Crippen LogP contribution in [-0.4, -0.2) is 34.5 Å². The number of oxime groups is 1. The van der Waals surface area contributed by atoms with Crippen LogP contribution in [0, 0.1) is 16.0 Å². The summed E-state index contributed by atoms with van der Waals surface area (Å²) in [6, 6.07) is -1.46. The molecule has 7 nitrogen and oxygen atoms in total. The maximum absolute atomic E-state index is 11.5. The van der Waals surface area contributed by atoms with Crippen molar-refractivity contribution < 1.29 is 19.7 Å². The van der Waals surface area contributed by atoms with Gasteiger partial charge in [0.15, 0.2) is 0 Å². The summed E-state index contributed by atoms with van der Waals surface area (Å²) in [5.41, 5.74) is 0.325. The fourth-order valence-electron chi connectivity index (χ4n) is 2.11. The van der Waals surface area contributed by atoms with Crippen molar-refractivity contribution in [1.29, 1.82) is 0 Å². The Balaban J connectivity index is 2.89. The monoisotopic (exact) mass is 244 g/mol. The summed E-state index contributed by atoms with van der Waals surface area (Å²) in [7, 11) is 0. The zero-order valence-electron chi connectivity index (χ0n) is 9.66. The molecule has 1 saturated carbocycles. The van der Waals surface area contributed by atoms with E-state index in [0.717, 1.165) is 12.8 Å². The lowest BCUT2D eigenvalue weighted by Gasteiger charge is -2.24. The van der Waals surface area contributed by atoms with Gasteiger partial charge in [-0.3, -0.25) is 10.1 Å². The molecule has 0 aromatic rings. The molecule has 0 bridgehead atoms. The van der Waals surface area contributed by atoms with Gasteiger partial charge in [-0.15, -0.1) is 0 Å². The van der Waals surface area contributed by atoms with Crippen LogP contribution in [0.1, 0.15) is 32.6 Å². The van der Waals surface area contributed by atoms with E-state index in [0.29, 0.717) is 18.6 Å². The Morgan fingerprint density at radius 3 is 2.94 bits per heavy atom. The number of nitrogens with zero attached hydrogens (tertiary/aromatic N) is 2. The van der Waals surface area contributed by atoms with Crippen LogP contribution in [0.3, 0.4) is 0 Å². The van der Waals surface area contributed by atoms with Gasteiger partial charge < -0.3 is 9.94 Å². The fraction of sp³-hybridized carbons (Fsp3) is 0.800. The van der Waals surface area contributed by atoms with Gasteiger partial charge in [0.05, 0.1) is 18.2 Å². The van der Waals surface area contributed by atoms with Crippen molar-refractivity contribution in [2.45, 2.75) is 38.6 Å². The number of nitro groups is 1. The summed E-state index contributed by atoms with van der Waals surface area (Å²) in [4.78, 5) is 21.8. The molecule has 1 fully saturated rings. The summed E-state index contributed by atoms with van der Waals surface area (Å²) < 4.78 is 4.69. The number of ether oxygens (including phenoxy) is 1. The Morgan fingerprint density at radius 2 is 2.41 bits per heavy atom. The van der Waals surface area contributed by atoms with Crippen LogP contribution in [-0.2, 0) is 9.53 Å². The van der Waals surface area contributed by atoms with Gasteiger partial charge in [0.25, 0.3) is 0 Å². The summed E-state index contributed by atoms with van der Waals surface area (Å²) >= 11 is 0. The second-order valence-electron chi connectivity index (χ2n) is 3.93. The molecule has 2 unspecified atom stereocenters. The van der Waals surface area contributed by atoms with Gasteiger partial charge >= 0.3 is 12.0 Å². The molecule has 0 radical (unpaired) electrons. The minimum atomic E-state index is -1.46. The maximum atomic E-state index is 11.5.